The molecule has 0 aliphatic carbocycles. The Morgan fingerprint density at radius 2 is 2.17 bits per heavy atom. The maximum Gasteiger partial charge on any atom is 0.0914 e. The monoisotopic (exact) mass is 170 g/mol. The first kappa shape index (κ1) is 8.52. The first-order chi connectivity index (χ1) is 5.85. The Morgan fingerprint density at radius 3 is 2.67 bits per heavy atom. The van der Waals surface area contributed by atoms with Crippen molar-refractivity contribution in [1.29, 1.82) is 0 Å². The third-order valence-corrected chi connectivity index (χ3v) is 3.01. The van der Waals surface area contributed by atoms with Gasteiger partial charge in [0.25, 0.3) is 0 Å². The fourth-order valence-corrected chi connectivity index (χ4v) is 1.68. The summed E-state index contributed by atoms with van der Waals surface area (Å²) in [5, 5.41) is 0. The highest BCUT2D eigenvalue weighted by Crippen LogP contribution is 2.36. The molecule has 0 aromatic heterocycles. The molecule has 2 saturated heterocycles. The van der Waals surface area contributed by atoms with E-state index in [1.165, 1.54) is 32.1 Å². The van der Waals surface area contributed by atoms with Crippen LogP contribution in [0, 0.1) is 0 Å². The van der Waals surface area contributed by atoms with Crippen LogP contribution >= 0.6 is 0 Å². The number of epoxide rings is 2. The van der Waals surface area contributed by atoms with Gasteiger partial charge in [-0.3, -0.25) is 0 Å². The molecule has 0 aromatic carbocycles. The van der Waals surface area contributed by atoms with Gasteiger partial charge in [-0.25, -0.2) is 0 Å². The van der Waals surface area contributed by atoms with Gasteiger partial charge in [0.2, 0.25) is 0 Å². The van der Waals surface area contributed by atoms with Crippen molar-refractivity contribution in [3.63, 3.8) is 0 Å². The molecule has 2 aliphatic heterocycles. The summed E-state index contributed by atoms with van der Waals surface area (Å²) in [4.78, 5) is 0. The van der Waals surface area contributed by atoms with Crippen molar-refractivity contribution >= 4 is 0 Å². The van der Waals surface area contributed by atoms with Gasteiger partial charge in [-0.05, 0) is 19.3 Å². The number of hydrogen-bond donors (Lipinski definition) is 0. The Kier molecular flexibility index (Phi) is 2.37. The van der Waals surface area contributed by atoms with Crippen LogP contribution in [0.15, 0.2) is 0 Å². The molecule has 0 amide bonds. The summed E-state index contributed by atoms with van der Waals surface area (Å²) in [6, 6.07) is 0. The molecule has 0 N–H and O–H groups in total. The standard InChI is InChI=1S/C10H18O2/c1-2-10(8-12-10)6-4-3-5-9-7-11-9/h9H,2-8H2,1H3. The van der Waals surface area contributed by atoms with E-state index >= 15 is 0 Å². The molecule has 0 aromatic rings. The first-order valence-corrected chi connectivity index (χ1v) is 5.10. The second kappa shape index (κ2) is 3.35. The van der Waals surface area contributed by atoms with Crippen LogP contribution < -0.4 is 0 Å². The van der Waals surface area contributed by atoms with E-state index in [9.17, 15) is 0 Å². The maximum absolute atomic E-state index is 5.44. The van der Waals surface area contributed by atoms with Crippen molar-refractivity contribution in [3.05, 3.63) is 0 Å². The summed E-state index contributed by atoms with van der Waals surface area (Å²) in [5.74, 6) is 0. The van der Waals surface area contributed by atoms with Crippen LogP contribution in [0.25, 0.3) is 0 Å². The first-order valence-electron chi connectivity index (χ1n) is 5.10. The van der Waals surface area contributed by atoms with Gasteiger partial charge in [-0.2, -0.15) is 0 Å². The van der Waals surface area contributed by atoms with Crippen molar-refractivity contribution in [2.75, 3.05) is 13.2 Å². The summed E-state index contributed by atoms with van der Waals surface area (Å²) < 4.78 is 10.6. The van der Waals surface area contributed by atoms with E-state index < -0.39 is 0 Å². The largest absolute Gasteiger partial charge is 0.373 e. The quantitative estimate of drug-likeness (QED) is 0.450. The molecule has 0 bridgehead atoms. The Bertz CT molecular complexity index is 148. The van der Waals surface area contributed by atoms with E-state index in [0.29, 0.717) is 11.7 Å². The lowest BCUT2D eigenvalue weighted by Crippen LogP contribution is -2.08. The molecule has 2 atom stereocenters. The van der Waals surface area contributed by atoms with E-state index in [4.69, 9.17) is 9.47 Å². The Morgan fingerprint density at radius 1 is 1.42 bits per heavy atom. The van der Waals surface area contributed by atoms with Gasteiger partial charge in [0.05, 0.1) is 24.9 Å². The minimum Gasteiger partial charge on any atom is -0.373 e. The molecule has 0 radical (unpaired) electrons. The molecule has 12 heavy (non-hydrogen) atoms. The van der Waals surface area contributed by atoms with E-state index in [0.717, 1.165) is 13.2 Å². The highest BCUT2D eigenvalue weighted by atomic mass is 16.6. The fourth-order valence-electron chi connectivity index (χ4n) is 1.68. The van der Waals surface area contributed by atoms with Crippen LogP contribution in [-0.2, 0) is 9.47 Å². The average Bonchev–Trinajstić information content (AvgIpc) is 2.96. The van der Waals surface area contributed by atoms with Crippen LogP contribution in [0.5, 0.6) is 0 Å². The highest BCUT2D eigenvalue weighted by molar-refractivity contribution is 4.90. The lowest BCUT2D eigenvalue weighted by atomic mass is 9.99. The molecular weight excluding hydrogens is 152 g/mol. The average molecular weight is 170 g/mol. The summed E-state index contributed by atoms with van der Waals surface area (Å²) in [6.45, 7) is 4.23. The second-order valence-corrected chi connectivity index (χ2v) is 4.03. The van der Waals surface area contributed by atoms with Gasteiger partial charge in [0.1, 0.15) is 0 Å². The predicted octanol–water partition coefficient (Wildman–Crippen LogP) is 2.12. The third-order valence-electron chi connectivity index (χ3n) is 3.01. The Balaban J connectivity index is 1.50. The van der Waals surface area contributed by atoms with E-state index in [-0.39, 0.29) is 0 Å². The lowest BCUT2D eigenvalue weighted by molar-refractivity contribution is 0.272. The molecular formula is C10H18O2. The molecule has 2 heterocycles. The van der Waals surface area contributed by atoms with Gasteiger partial charge in [-0.15, -0.1) is 0 Å². The maximum atomic E-state index is 5.44. The summed E-state index contributed by atoms with van der Waals surface area (Å²) in [7, 11) is 0. The number of rotatable bonds is 6. The minimum atomic E-state index is 0.310. The van der Waals surface area contributed by atoms with Gasteiger partial charge in [-0.1, -0.05) is 19.8 Å². The number of hydrogen-bond acceptors (Lipinski definition) is 2. The molecule has 2 nitrogen and oxygen atoms in total. The molecule has 0 spiro atoms. The van der Waals surface area contributed by atoms with Crippen molar-refractivity contribution in [2.24, 2.45) is 0 Å². The summed E-state index contributed by atoms with van der Waals surface area (Å²) >= 11 is 0. The number of unbranched alkanes of at least 4 members (excludes halogenated alkanes) is 1. The van der Waals surface area contributed by atoms with Gasteiger partial charge < -0.3 is 9.47 Å². The van der Waals surface area contributed by atoms with Crippen molar-refractivity contribution < 1.29 is 9.47 Å². The zero-order chi connectivity index (χ0) is 8.44. The molecule has 2 fully saturated rings. The van der Waals surface area contributed by atoms with Crippen LogP contribution in [0.4, 0.5) is 0 Å². The molecule has 2 aliphatic rings. The van der Waals surface area contributed by atoms with Gasteiger partial charge in [0.15, 0.2) is 0 Å². The summed E-state index contributed by atoms with van der Waals surface area (Å²) in [6.07, 6.45) is 6.95. The van der Waals surface area contributed by atoms with Crippen LogP contribution in [0.2, 0.25) is 0 Å². The van der Waals surface area contributed by atoms with Crippen molar-refractivity contribution in [1.82, 2.24) is 0 Å². The molecule has 2 unspecified atom stereocenters. The molecule has 0 saturated carbocycles. The van der Waals surface area contributed by atoms with Crippen molar-refractivity contribution in [2.45, 2.75) is 50.7 Å². The lowest BCUT2D eigenvalue weighted by Gasteiger charge is -2.07. The Hall–Kier alpha value is -0.0800. The molecule has 2 rings (SSSR count). The zero-order valence-corrected chi connectivity index (χ0v) is 7.84. The second-order valence-electron chi connectivity index (χ2n) is 4.03. The SMILES string of the molecule is CCC1(CCCCC2CO2)CO1. The van der Waals surface area contributed by atoms with Crippen molar-refractivity contribution in [3.8, 4) is 0 Å². The third kappa shape index (κ3) is 2.20. The predicted molar refractivity (Wildman–Crippen MR) is 47.2 cm³/mol. The molecule has 70 valence electrons. The van der Waals surface area contributed by atoms with E-state index in [1.807, 2.05) is 0 Å². The normalized spacial score (nSPS) is 38.2. The van der Waals surface area contributed by atoms with E-state index in [1.54, 1.807) is 0 Å². The smallest absolute Gasteiger partial charge is 0.0914 e. The zero-order valence-electron chi connectivity index (χ0n) is 7.84. The van der Waals surface area contributed by atoms with Gasteiger partial charge in [0, 0.05) is 0 Å². The van der Waals surface area contributed by atoms with Gasteiger partial charge >= 0.3 is 0 Å². The van der Waals surface area contributed by atoms with Crippen LogP contribution in [0.1, 0.15) is 39.0 Å². The highest BCUT2D eigenvalue weighted by Gasteiger charge is 2.41. The van der Waals surface area contributed by atoms with E-state index in [2.05, 4.69) is 6.92 Å². The van der Waals surface area contributed by atoms with Crippen LogP contribution in [-0.4, -0.2) is 24.9 Å². The number of ether oxygens (including phenoxy) is 2. The van der Waals surface area contributed by atoms with Crippen LogP contribution in [0.3, 0.4) is 0 Å². The molecule has 2 heteroatoms. The summed E-state index contributed by atoms with van der Waals surface area (Å²) in [5.41, 5.74) is 0.310. The Labute approximate surface area is 74.2 Å². The fraction of sp³-hybridized carbons (Fsp3) is 1.00. The minimum absolute atomic E-state index is 0.310. The topological polar surface area (TPSA) is 25.1 Å².